The second-order valence-electron chi connectivity index (χ2n) is 5.51. The predicted octanol–water partition coefficient (Wildman–Crippen LogP) is 3.73. The van der Waals surface area contributed by atoms with Gasteiger partial charge in [-0.15, -0.1) is 0 Å². The van der Waals surface area contributed by atoms with Gasteiger partial charge in [0.2, 0.25) is 0 Å². The van der Waals surface area contributed by atoms with E-state index in [4.69, 9.17) is 10.7 Å². The second kappa shape index (κ2) is 5.60. The highest BCUT2D eigenvalue weighted by Crippen LogP contribution is 2.19. The van der Waals surface area contributed by atoms with Crippen molar-refractivity contribution in [3.8, 4) is 0 Å². The molecule has 0 saturated heterocycles. The van der Waals surface area contributed by atoms with Crippen molar-refractivity contribution >= 4 is 16.7 Å². The van der Waals surface area contributed by atoms with E-state index in [1.54, 1.807) is 0 Å². The number of nitrogen functional groups attached to an aromatic ring is 1. The first kappa shape index (κ1) is 13.7. The lowest BCUT2D eigenvalue weighted by Gasteiger charge is -2.06. The summed E-state index contributed by atoms with van der Waals surface area (Å²) in [6.45, 7) is 5.24. The van der Waals surface area contributed by atoms with Gasteiger partial charge in [0.1, 0.15) is 5.82 Å². The molecule has 0 bridgehead atoms. The Balaban J connectivity index is 1.87. The highest BCUT2D eigenvalue weighted by atomic mass is 15.1. The summed E-state index contributed by atoms with van der Waals surface area (Å²) in [4.78, 5) is 4.82. The molecule has 0 aliphatic rings. The lowest BCUT2D eigenvalue weighted by molar-refractivity contribution is 0.707. The zero-order valence-electron chi connectivity index (χ0n) is 12.6. The topological polar surface area (TPSA) is 43.8 Å². The number of hydrogen-bond acceptors (Lipinski definition) is 2. The maximum absolute atomic E-state index is 5.73. The maximum Gasteiger partial charge on any atom is 0.110 e. The molecule has 1 aromatic heterocycles. The summed E-state index contributed by atoms with van der Waals surface area (Å²) < 4.78 is 2.31. The molecule has 0 unspecified atom stereocenters. The zero-order valence-corrected chi connectivity index (χ0v) is 12.6. The van der Waals surface area contributed by atoms with Crippen LogP contribution in [0.25, 0.3) is 11.0 Å². The van der Waals surface area contributed by atoms with E-state index in [9.17, 15) is 0 Å². The molecule has 3 aromatic rings. The number of rotatable bonds is 4. The number of fused-ring (bicyclic) bond motifs is 1. The monoisotopic (exact) mass is 279 g/mol. The third-order valence-electron chi connectivity index (χ3n) is 3.92. The highest BCUT2D eigenvalue weighted by molar-refractivity contribution is 5.76. The van der Waals surface area contributed by atoms with Gasteiger partial charge < -0.3 is 10.3 Å². The first-order valence-corrected chi connectivity index (χ1v) is 7.47. The van der Waals surface area contributed by atoms with Crippen molar-refractivity contribution in [2.75, 3.05) is 5.73 Å². The van der Waals surface area contributed by atoms with Crippen LogP contribution in [0.15, 0.2) is 42.5 Å². The van der Waals surface area contributed by atoms with Crippen LogP contribution in [0.4, 0.5) is 5.69 Å². The fourth-order valence-electron chi connectivity index (χ4n) is 2.77. The molecule has 1 heterocycles. The molecule has 0 amide bonds. The van der Waals surface area contributed by atoms with Gasteiger partial charge in [0.05, 0.1) is 11.0 Å². The van der Waals surface area contributed by atoms with Crippen LogP contribution in [0.2, 0.25) is 0 Å². The van der Waals surface area contributed by atoms with Crippen LogP contribution >= 0.6 is 0 Å². The van der Waals surface area contributed by atoms with Gasteiger partial charge in [-0.2, -0.15) is 0 Å². The van der Waals surface area contributed by atoms with Crippen LogP contribution in [-0.4, -0.2) is 9.55 Å². The third kappa shape index (κ3) is 2.77. The van der Waals surface area contributed by atoms with E-state index in [0.29, 0.717) is 0 Å². The Morgan fingerprint density at radius 1 is 1.05 bits per heavy atom. The Labute approximate surface area is 125 Å². The Kier molecular flexibility index (Phi) is 3.65. The lowest BCUT2D eigenvalue weighted by atomic mass is 10.1. The lowest BCUT2D eigenvalue weighted by Crippen LogP contribution is -2.03. The van der Waals surface area contributed by atoms with Crippen molar-refractivity contribution < 1.29 is 0 Å². The summed E-state index contributed by atoms with van der Waals surface area (Å²) in [6, 6.07) is 14.6. The fraction of sp³-hybridized carbons (Fsp3) is 0.278. The predicted molar refractivity (Wildman–Crippen MR) is 88.4 cm³/mol. The summed E-state index contributed by atoms with van der Waals surface area (Å²) >= 11 is 0. The van der Waals surface area contributed by atoms with Crippen LogP contribution in [-0.2, 0) is 19.4 Å². The van der Waals surface area contributed by atoms with Crippen molar-refractivity contribution in [3.05, 3.63) is 59.4 Å². The molecule has 108 valence electrons. The molecule has 0 aliphatic heterocycles. The van der Waals surface area contributed by atoms with Crippen molar-refractivity contribution in [3.63, 3.8) is 0 Å². The standard InChI is InChI=1S/C18H21N3/c1-3-21-17-10-4-13(2)12-16(17)20-18(21)11-7-14-5-8-15(19)9-6-14/h4-6,8-10,12H,3,7,11,19H2,1-2H3. The Morgan fingerprint density at radius 3 is 2.52 bits per heavy atom. The molecule has 0 atom stereocenters. The summed E-state index contributed by atoms with van der Waals surface area (Å²) in [5, 5.41) is 0. The summed E-state index contributed by atoms with van der Waals surface area (Å²) in [7, 11) is 0. The summed E-state index contributed by atoms with van der Waals surface area (Å²) in [6.07, 6.45) is 1.94. The number of nitrogens with two attached hydrogens (primary N) is 1. The van der Waals surface area contributed by atoms with Gasteiger partial charge in [0, 0.05) is 18.7 Å². The molecular weight excluding hydrogens is 258 g/mol. The Bertz CT molecular complexity index is 754. The SMILES string of the molecule is CCn1c(CCc2ccc(N)cc2)nc2cc(C)ccc21. The van der Waals surface area contributed by atoms with Gasteiger partial charge in [-0.25, -0.2) is 4.98 Å². The van der Waals surface area contributed by atoms with Crippen molar-refractivity contribution in [1.82, 2.24) is 9.55 Å². The van der Waals surface area contributed by atoms with E-state index in [1.807, 2.05) is 12.1 Å². The van der Waals surface area contributed by atoms with E-state index in [-0.39, 0.29) is 0 Å². The average molecular weight is 279 g/mol. The molecule has 3 nitrogen and oxygen atoms in total. The fourth-order valence-corrected chi connectivity index (χ4v) is 2.77. The molecule has 3 heteroatoms. The molecule has 21 heavy (non-hydrogen) atoms. The van der Waals surface area contributed by atoms with Gasteiger partial charge in [0.25, 0.3) is 0 Å². The van der Waals surface area contributed by atoms with Gasteiger partial charge in [-0.05, 0) is 55.7 Å². The van der Waals surface area contributed by atoms with E-state index in [1.165, 1.54) is 16.6 Å². The number of benzene rings is 2. The Morgan fingerprint density at radius 2 is 1.81 bits per heavy atom. The van der Waals surface area contributed by atoms with Crippen LogP contribution in [0.1, 0.15) is 23.9 Å². The smallest absolute Gasteiger partial charge is 0.110 e. The highest BCUT2D eigenvalue weighted by Gasteiger charge is 2.09. The molecule has 0 aliphatic carbocycles. The van der Waals surface area contributed by atoms with Crippen LogP contribution in [0.5, 0.6) is 0 Å². The molecule has 0 fully saturated rings. The molecule has 0 radical (unpaired) electrons. The second-order valence-corrected chi connectivity index (χ2v) is 5.51. The van der Waals surface area contributed by atoms with E-state index < -0.39 is 0 Å². The van der Waals surface area contributed by atoms with Crippen molar-refractivity contribution in [2.24, 2.45) is 0 Å². The van der Waals surface area contributed by atoms with Crippen LogP contribution in [0.3, 0.4) is 0 Å². The Hall–Kier alpha value is -2.29. The number of aryl methyl sites for hydroxylation is 4. The third-order valence-corrected chi connectivity index (χ3v) is 3.92. The number of anilines is 1. The quantitative estimate of drug-likeness (QED) is 0.739. The van der Waals surface area contributed by atoms with Crippen molar-refractivity contribution in [1.29, 1.82) is 0 Å². The number of imidazole rings is 1. The van der Waals surface area contributed by atoms with E-state index in [2.05, 4.69) is 48.7 Å². The largest absolute Gasteiger partial charge is 0.399 e. The minimum absolute atomic E-state index is 0.815. The number of hydrogen-bond donors (Lipinski definition) is 1. The average Bonchev–Trinajstić information content (AvgIpc) is 2.83. The molecule has 0 spiro atoms. The van der Waals surface area contributed by atoms with Gasteiger partial charge >= 0.3 is 0 Å². The van der Waals surface area contributed by atoms with Crippen molar-refractivity contribution in [2.45, 2.75) is 33.2 Å². The number of aromatic nitrogens is 2. The van der Waals surface area contributed by atoms with Crippen LogP contribution in [0, 0.1) is 6.92 Å². The number of nitrogens with zero attached hydrogens (tertiary/aromatic N) is 2. The van der Waals surface area contributed by atoms with E-state index in [0.717, 1.165) is 36.4 Å². The first-order chi connectivity index (χ1) is 10.2. The summed E-state index contributed by atoms with van der Waals surface area (Å²) in [5.74, 6) is 1.16. The minimum atomic E-state index is 0.815. The van der Waals surface area contributed by atoms with E-state index >= 15 is 0 Å². The van der Waals surface area contributed by atoms with Gasteiger partial charge in [0.15, 0.2) is 0 Å². The molecule has 0 saturated carbocycles. The molecule has 2 aromatic carbocycles. The normalized spacial score (nSPS) is 11.1. The van der Waals surface area contributed by atoms with Gasteiger partial charge in [-0.1, -0.05) is 18.2 Å². The molecular formula is C18H21N3. The van der Waals surface area contributed by atoms with Crippen LogP contribution < -0.4 is 5.73 Å². The minimum Gasteiger partial charge on any atom is -0.399 e. The maximum atomic E-state index is 5.73. The summed E-state index contributed by atoms with van der Waals surface area (Å²) in [5.41, 5.74) is 11.4. The molecule has 2 N–H and O–H groups in total. The molecule has 3 rings (SSSR count). The first-order valence-electron chi connectivity index (χ1n) is 7.47. The zero-order chi connectivity index (χ0) is 14.8. The van der Waals surface area contributed by atoms with Gasteiger partial charge in [-0.3, -0.25) is 0 Å².